The molecule has 0 bridgehead atoms. The average molecular weight is 318 g/mol. The largest absolute Gasteiger partial charge is 0.493 e. The first-order valence-electron chi connectivity index (χ1n) is 6.65. The molecule has 3 nitrogen and oxygen atoms in total. The van der Waals surface area contributed by atoms with Crippen molar-refractivity contribution in [3.05, 3.63) is 34.3 Å². The zero-order chi connectivity index (χ0) is 15.0. The second-order valence-electron chi connectivity index (χ2n) is 4.64. The molecule has 0 aliphatic heterocycles. The third-order valence-electron chi connectivity index (χ3n) is 2.54. The fourth-order valence-electron chi connectivity index (χ4n) is 1.67. The molecule has 5 heteroatoms. The van der Waals surface area contributed by atoms with Gasteiger partial charge in [0.15, 0.2) is 0 Å². The van der Waals surface area contributed by atoms with Gasteiger partial charge in [-0.3, -0.25) is 0 Å². The molecular formula is C15H21Cl2NO2. The molecular weight excluding hydrogens is 297 g/mol. The van der Waals surface area contributed by atoms with Crippen LogP contribution in [0.3, 0.4) is 0 Å². The van der Waals surface area contributed by atoms with Gasteiger partial charge >= 0.3 is 0 Å². The molecule has 0 spiro atoms. The van der Waals surface area contributed by atoms with Gasteiger partial charge in [0.1, 0.15) is 18.1 Å². The molecule has 0 aliphatic rings. The van der Waals surface area contributed by atoms with E-state index in [9.17, 15) is 0 Å². The number of nitrogens with two attached hydrogens (primary N) is 1. The van der Waals surface area contributed by atoms with Gasteiger partial charge in [0.25, 0.3) is 0 Å². The Kier molecular flexibility index (Phi) is 7.82. The molecule has 0 saturated carbocycles. The fraction of sp³-hybridized carbons (Fsp3) is 0.467. The third kappa shape index (κ3) is 6.04. The van der Waals surface area contributed by atoms with Crippen LogP contribution in [0.1, 0.15) is 25.8 Å². The topological polar surface area (TPSA) is 44.5 Å². The first-order valence-corrected chi connectivity index (χ1v) is 7.47. The summed E-state index contributed by atoms with van der Waals surface area (Å²) in [6.45, 7) is 4.92. The van der Waals surface area contributed by atoms with E-state index in [2.05, 4.69) is 6.92 Å². The molecule has 1 aromatic carbocycles. The van der Waals surface area contributed by atoms with Crippen LogP contribution in [0.15, 0.2) is 28.8 Å². The number of halogens is 2. The molecule has 0 aliphatic carbocycles. The minimum atomic E-state index is 0.0544. The molecule has 0 amide bonds. The molecule has 0 radical (unpaired) electrons. The van der Waals surface area contributed by atoms with Gasteiger partial charge in [-0.15, -0.1) is 0 Å². The van der Waals surface area contributed by atoms with Crippen LogP contribution in [-0.2, 0) is 6.42 Å². The van der Waals surface area contributed by atoms with Crippen LogP contribution < -0.4 is 15.2 Å². The Morgan fingerprint density at radius 2 is 2.15 bits per heavy atom. The van der Waals surface area contributed by atoms with E-state index in [0.717, 1.165) is 29.9 Å². The Balaban J connectivity index is 2.87. The van der Waals surface area contributed by atoms with Crippen LogP contribution in [0.2, 0.25) is 0 Å². The Morgan fingerprint density at radius 1 is 1.40 bits per heavy atom. The lowest BCUT2D eigenvalue weighted by Crippen LogP contribution is -2.18. The first kappa shape index (κ1) is 17.2. The molecule has 1 rings (SSSR count). The Bertz CT molecular complexity index is 447. The van der Waals surface area contributed by atoms with Crippen molar-refractivity contribution >= 4 is 23.2 Å². The molecule has 1 atom stereocenters. The molecule has 0 fully saturated rings. The van der Waals surface area contributed by atoms with Gasteiger partial charge in [0.2, 0.25) is 0 Å². The van der Waals surface area contributed by atoms with Crippen molar-refractivity contribution in [3.63, 3.8) is 0 Å². The summed E-state index contributed by atoms with van der Waals surface area (Å²) in [5, 5.41) is 0.443. The summed E-state index contributed by atoms with van der Waals surface area (Å²) in [5.41, 5.74) is 8.17. The highest BCUT2D eigenvalue weighted by atomic mass is 35.5. The van der Waals surface area contributed by atoms with Gasteiger partial charge in [0, 0.05) is 17.6 Å². The highest BCUT2D eigenvalue weighted by Crippen LogP contribution is 2.27. The lowest BCUT2D eigenvalue weighted by Gasteiger charge is -2.15. The first-order chi connectivity index (χ1) is 9.56. The number of hydrogen-bond donors (Lipinski definition) is 1. The molecule has 0 aromatic heterocycles. The van der Waals surface area contributed by atoms with Gasteiger partial charge in [0.05, 0.1) is 11.6 Å². The Hall–Kier alpha value is -0.900. The summed E-state index contributed by atoms with van der Waals surface area (Å²) in [5.74, 6) is 1.51. The van der Waals surface area contributed by atoms with E-state index in [1.165, 1.54) is 5.54 Å². The van der Waals surface area contributed by atoms with Crippen molar-refractivity contribution in [2.45, 2.75) is 32.7 Å². The maximum absolute atomic E-state index is 5.85. The number of rotatable bonds is 8. The molecule has 0 saturated heterocycles. The Morgan fingerprint density at radius 3 is 2.75 bits per heavy atom. The number of benzene rings is 1. The smallest absolute Gasteiger partial charge is 0.126 e. The summed E-state index contributed by atoms with van der Waals surface area (Å²) in [6.07, 6.45) is 1.68. The fourth-order valence-corrected chi connectivity index (χ4v) is 1.79. The van der Waals surface area contributed by atoms with E-state index in [1.54, 1.807) is 0 Å². The van der Waals surface area contributed by atoms with E-state index in [-0.39, 0.29) is 12.6 Å². The zero-order valence-electron chi connectivity index (χ0n) is 11.9. The van der Waals surface area contributed by atoms with Crippen LogP contribution >= 0.6 is 23.2 Å². The maximum Gasteiger partial charge on any atom is 0.126 e. The van der Waals surface area contributed by atoms with Crippen molar-refractivity contribution in [2.24, 2.45) is 5.73 Å². The minimum Gasteiger partial charge on any atom is -0.493 e. The molecule has 1 aromatic rings. The standard InChI is InChI=1S/C15H21Cl2NO2/c1-3-6-19-14-5-4-12(7-11(2)18)15(8-14)20-10-13(17)9-16/h4-5,8-9,11H,3,6-7,10,18H2,1-2H3. The average Bonchev–Trinajstić information content (AvgIpc) is 2.43. The van der Waals surface area contributed by atoms with E-state index in [4.69, 9.17) is 38.4 Å². The van der Waals surface area contributed by atoms with E-state index in [1.807, 2.05) is 25.1 Å². The summed E-state index contributed by atoms with van der Waals surface area (Å²) in [4.78, 5) is 0. The second kappa shape index (κ2) is 9.11. The number of ether oxygens (including phenoxy) is 2. The van der Waals surface area contributed by atoms with Crippen LogP contribution in [0, 0.1) is 0 Å². The van der Waals surface area contributed by atoms with Crippen molar-refractivity contribution in [2.75, 3.05) is 13.2 Å². The van der Waals surface area contributed by atoms with Gasteiger partial charge in [-0.1, -0.05) is 36.2 Å². The quantitative estimate of drug-likeness (QED) is 0.786. The lowest BCUT2D eigenvalue weighted by molar-refractivity contribution is 0.310. The minimum absolute atomic E-state index is 0.0544. The monoisotopic (exact) mass is 317 g/mol. The van der Waals surface area contributed by atoms with Gasteiger partial charge < -0.3 is 15.2 Å². The lowest BCUT2D eigenvalue weighted by atomic mass is 10.1. The molecule has 0 heterocycles. The van der Waals surface area contributed by atoms with E-state index in [0.29, 0.717) is 11.6 Å². The molecule has 112 valence electrons. The van der Waals surface area contributed by atoms with Crippen molar-refractivity contribution in [3.8, 4) is 11.5 Å². The predicted octanol–water partition coefficient (Wildman–Crippen LogP) is 4.06. The van der Waals surface area contributed by atoms with Gasteiger partial charge in [-0.2, -0.15) is 0 Å². The number of hydrogen-bond acceptors (Lipinski definition) is 3. The van der Waals surface area contributed by atoms with Gasteiger partial charge in [-0.25, -0.2) is 0 Å². The Labute approximate surface area is 130 Å². The van der Waals surface area contributed by atoms with Crippen LogP contribution in [0.4, 0.5) is 0 Å². The van der Waals surface area contributed by atoms with Gasteiger partial charge in [-0.05, 0) is 31.4 Å². The summed E-state index contributed by atoms with van der Waals surface area (Å²) < 4.78 is 11.3. The summed E-state index contributed by atoms with van der Waals surface area (Å²) in [7, 11) is 0. The third-order valence-corrected chi connectivity index (χ3v) is 3.13. The van der Waals surface area contributed by atoms with Crippen molar-refractivity contribution in [1.82, 2.24) is 0 Å². The van der Waals surface area contributed by atoms with Crippen molar-refractivity contribution < 1.29 is 9.47 Å². The second-order valence-corrected chi connectivity index (χ2v) is 5.35. The van der Waals surface area contributed by atoms with Crippen LogP contribution in [0.25, 0.3) is 0 Å². The molecule has 1 unspecified atom stereocenters. The maximum atomic E-state index is 5.85. The SMILES string of the molecule is CCCOc1ccc(CC(C)N)c(OCC(Cl)=CCl)c1. The highest BCUT2D eigenvalue weighted by molar-refractivity contribution is 6.36. The predicted molar refractivity (Wildman–Crippen MR) is 84.9 cm³/mol. The van der Waals surface area contributed by atoms with Crippen LogP contribution in [-0.4, -0.2) is 19.3 Å². The molecule has 20 heavy (non-hydrogen) atoms. The van der Waals surface area contributed by atoms with E-state index >= 15 is 0 Å². The van der Waals surface area contributed by atoms with E-state index < -0.39 is 0 Å². The zero-order valence-corrected chi connectivity index (χ0v) is 13.4. The summed E-state index contributed by atoms with van der Waals surface area (Å²) >= 11 is 11.4. The van der Waals surface area contributed by atoms with Crippen molar-refractivity contribution in [1.29, 1.82) is 0 Å². The highest BCUT2D eigenvalue weighted by Gasteiger charge is 2.09. The summed E-state index contributed by atoms with van der Waals surface area (Å²) in [6, 6.07) is 5.83. The van der Waals surface area contributed by atoms with Crippen LogP contribution in [0.5, 0.6) is 11.5 Å². The normalized spacial score (nSPS) is 13.2. The molecule has 2 N–H and O–H groups in total.